The summed E-state index contributed by atoms with van der Waals surface area (Å²) in [6.45, 7) is 4.63. The highest BCUT2D eigenvalue weighted by atomic mass is 14.3. The topological polar surface area (TPSA) is 0 Å². The third kappa shape index (κ3) is 7.22. The van der Waals surface area contributed by atoms with Crippen molar-refractivity contribution in [3.05, 3.63) is 59.7 Å². The van der Waals surface area contributed by atoms with Crippen molar-refractivity contribution >= 4 is 0 Å². The first-order chi connectivity index (χ1) is 16.8. The van der Waals surface area contributed by atoms with Crippen molar-refractivity contribution in [1.29, 1.82) is 0 Å². The second kappa shape index (κ2) is 13.5. The summed E-state index contributed by atoms with van der Waals surface area (Å²) in [7, 11) is 0. The van der Waals surface area contributed by atoms with Gasteiger partial charge in [0, 0.05) is 0 Å². The van der Waals surface area contributed by atoms with Crippen molar-refractivity contribution in [3.63, 3.8) is 0 Å². The molecule has 0 atom stereocenters. The predicted octanol–water partition coefficient (Wildman–Crippen LogP) is 11.1. The van der Waals surface area contributed by atoms with Crippen molar-refractivity contribution in [2.24, 2.45) is 11.8 Å². The molecule has 0 nitrogen and oxygen atoms in total. The second-order valence-corrected chi connectivity index (χ2v) is 11.7. The SMILES string of the molecule is CCCCCCC1CCC(c2ccc(-c3ccc(C4CCC(CCCC)CC4)cc3)cc2)CC1. The van der Waals surface area contributed by atoms with Crippen LogP contribution in [0.25, 0.3) is 11.1 Å². The highest BCUT2D eigenvalue weighted by Gasteiger charge is 2.23. The van der Waals surface area contributed by atoms with Crippen LogP contribution < -0.4 is 0 Å². The molecule has 0 spiro atoms. The maximum atomic E-state index is 2.42. The number of rotatable bonds is 11. The first-order valence-corrected chi connectivity index (χ1v) is 15.0. The molecule has 4 rings (SSSR count). The normalized spacial score (nSPS) is 25.4. The van der Waals surface area contributed by atoms with Crippen molar-refractivity contribution in [2.75, 3.05) is 0 Å². The molecule has 0 amide bonds. The molecule has 0 aromatic heterocycles. The molecule has 2 aliphatic carbocycles. The lowest BCUT2D eigenvalue weighted by atomic mass is 9.76. The third-order valence-corrected chi connectivity index (χ3v) is 9.22. The molecule has 0 radical (unpaired) electrons. The van der Waals surface area contributed by atoms with Crippen molar-refractivity contribution < 1.29 is 0 Å². The Morgan fingerprint density at radius 3 is 1.29 bits per heavy atom. The Balaban J connectivity index is 1.25. The summed E-state index contributed by atoms with van der Waals surface area (Å²) >= 11 is 0. The molecule has 0 heterocycles. The maximum absolute atomic E-state index is 2.42. The van der Waals surface area contributed by atoms with Gasteiger partial charge in [-0.05, 0) is 97.3 Å². The molecule has 0 N–H and O–H groups in total. The van der Waals surface area contributed by atoms with Gasteiger partial charge in [0.2, 0.25) is 0 Å². The molecule has 0 bridgehead atoms. The summed E-state index contributed by atoms with van der Waals surface area (Å²) in [6, 6.07) is 19.2. The monoisotopic (exact) mass is 458 g/mol. The van der Waals surface area contributed by atoms with Crippen molar-refractivity contribution in [2.45, 2.75) is 128 Å². The van der Waals surface area contributed by atoms with Crippen LogP contribution in [0.15, 0.2) is 48.5 Å². The van der Waals surface area contributed by atoms with E-state index >= 15 is 0 Å². The fourth-order valence-corrected chi connectivity index (χ4v) is 6.82. The predicted molar refractivity (Wildman–Crippen MR) is 150 cm³/mol. The van der Waals surface area contributed by atoms with Crippen molar-refractivity contribution in [1.82, 2.24) is 0 Å². The van der Waals surface area contributed by atoms with E-state index in [2.05, 4.69) is 62.4 Å². The molecule has 2 fully saturated rings. The Hall–Kier alpha value is -1.56. The molecule has 2 aliphatic rings. The lowest BCUT2D eigenvalue weighted by Crippen LogP contribution is -2.13. The Morgan fingerprint density at radius 1 is 0.471 bits per heavy atom. The Morgan fingerprint density at radius 2 is 0.882 bits per heavy atom. The molecule has 34 heavy (non-hydrogen) atoms. The van der Waals surface area contributed by atoms with Gasteiger partial charge in [-0.2, -0.15) is 0 Å². The quantitative estimate of drug-likeness (QED) is 0.294. The fraction of sp³-hybridized carbons (Fsp3) is 0.647. The van der Waals surface area contributed by atoms with Crippen LogP contribution in [-0.4, -0.2) is 0 Å². The molecule has 2 aromatic carbocycles. The fourth-order valence-electron chi connectivity index (χ4n) is 6.82. The van der Waals surface area contributed by atoms with E-state index in [4.69, 9.17) is 0 Å². The minimum absolute atomic E-state index is 0.788. The standard InChI is InChI=1S/C34H50/c1-3-5-7-8-10-28-13-17-30(18-14-28)32-21-25-34(26-22-32)33-23-19-31(20-24-33)29-15-11-27(12-16-29)9-6-4-2/h19-30H,3-18H2,1-2H3. The van der Waals surface area contributed by atoms with E-state index in [0.29, 0.717) is 0 Å². The van der Waals surface area contributed by atoms with Crippen molar-refractivity contribution in [3.8, 4) is 11.1 Å². The van der Waals surface area contributed by atoms with Crippen LogP contribution in [0.5, 0.6) is 0 Å². The molecule has 186 valence electrons. The van der Waals surface area contributed by atoms with Gasteiger partial charge >= 0.3 is 0 Å². The zero-order chi connectivity index (χ0) is 23.6. The number of unbranched alkanes of at least 4 members (excludes halogenated alkanes) is 4. The molecular formula is C34H50. The van der Waals surface area contributed by atoms with Gasteiger partial charge in [0.25, 0.3) is 0 Å². The van der Waals surface area contributed by atoms with E-state index in [1.807, 2.05) is 0 Å². The minimum Gasteiger partial charge on any atom is -0.0654 e. The smallest absolute Gasteiger partial charge is 0.0162 e. The van der Waals surface area contributed by atoms with Gasteiger partial charge in [-0.1, -0.05) is 114 Å². The third-order valence-electron chi connectivity index (χ3n) is 9.22. The zero-order valence-electron chi connectivity index (χ0n) is 22.2. The van der Waals surface area contributed by atoms with Gasteiger partial charge in [-0.25, -0.2) is 0 Å². The van der Waals surface area contributed by atoms with Gasteiger partial charge in [-0.15, -0.1) is 0 Å². The van der Waals surface area contributed by atoms with Crippen LogP contribution in [-0.2, 0) is 0 Å². The average Bonchev–Trinajstić information content (AvgIpc) is 2.91. The lowest BCUT2D eigenvalue weighted by Gasteiger charge is -2.29. The Kier molecular flexibility index (Phi) is 10.1. The highest BCUT2D eigenvalue weighted by molar-refractivity contribution is 5.64. The summed E-state index contributed by atoms with van der Waals surface area (Å²) in [5, 5.41) is 0. The zero-order valence-corrected chi connectivity index (χ0v) is 22.2. The van der Waals surface area contributed by atoms with Crippen LogP contribution in [0.2, 0.25) is 0 Å². The van der Waals surface area contributed by atoms with Crippen LogP contribution >= 0.6 is 0 Å². The van der Waals surface area contributed by atoms with E-state index < -0.39 is 0 Å². The Bertz CT molecular complexity index is 798. The average molecular weight is 459 g/mol. The second-order valence-electron chi connectivity index (χ2n) is 11.7. The van der Waals surface area contributed by atoms with E-state index in [0.717, 1.165) is 23.7 Å². The molecule has 2 saturated carbocycles. The van der Waals surface area contributed by atoms with Gasteiger partial charge in [0.05, 0.1) is 0 Å². The van der Waals surface area contributed by atoms with Gasteiger partial charge in [0.15, 0.2) is 0 Å². The summed E-state index contributed by atoms with van der Waals surface area (Å²) in [5.74, 6) is 3.57. The molecule has 0 aliphatic heterocycles. The largest absolute Gasteiger partial charge is 0.0654 e. The van der Waals surface area contributed by atoms with Gasteiger partial charge in [-0.3, -0.25) is 0 Å². The lowest BCUT2D eigenvalue weighted by molar-refractivity contribution is 0.302. The highest BCUT2D eigenvalue weighted by Crippen LogP contribution is 2.40. The van der Waals surface area contributed by atoms with E-state index in [1.165, 1.54) is 114 Å². The first-order valence-electron chi connectivity index (χ1n) is 15.0. The summed E-state index contributed by atoms with van der Waals surface area (Å²) in [4.78, 5) is 0. The van der Waals surface area contributed by atoms with E-state index in [1.54, 1.807) is 11.1 Å². The van der Waals surface area contributed by atoms with Crippen LogP contribution in [0.1, 0.15) is 140 Å². The van der Waals surface area contributed by atoms with Crippen LogP contribution in [0.4, 0.5) is 0 Å². The molecule has 0 heteroatoms. The molecule has 0 unspecified atom stereocenters. The number of benzene rings is 2. The summed E-state index contributed by atoms with van der Waals surface area (Å²) in [6.07, 6.45) is 22.7. The van der Waals surface area contributed by atoms with E-state index in [9.17, 15) is 0 Å². The first kappa shape index (κ1) is 25.5. The Labute approximate surface area is 211 Å². The molecule has 0 saturated heterocycles. The summed E-state index contributed by atoms with van der Waals surface area (Å²) in [5.41, 5.74) is 5.90. The van der Waals surface area contributed by atoms with Crippen LogP contribution in [0, 0.1) is 11.8 Å². The molecular weight excluding hydrogens is 408 g/mol. The summed E-state index contributed by atoms with van der Waals surface area (Å²) < 4.78 is 0. The van der Waals surface area contributed by atoms with Gasteiger partial charge < -0.3 is 0 Å². The van der Waals surface area contributed by atoms with Crippen LogP contribution in [0.3, 0.4) is 0 Å². The molecule has 2 aromatic rings. The maximum Gasteiger partial charge on any atom is -0.0162 e. The number of hydrogen-bond donors (Lipinski definition) is 0. The number of hydrogen-bond acceptors (Lipinski definition) is 0. The van der Waals surface area contributed by atoms with E-state index in [-0.39, 0.29) is 0 Å². The van der Waals surface area contributed by atoms with Gasteiger partial charge in [0.1, 0.15) is 0 Å². The minimum atomic E-state index is 0.788.